The van der Waals surface area contributed by atoms with Gasteiger partial charge < -0.3 is 20.8 Å². The molecule has 0 aliphatic carbocycles. The third-order valence-electron chi connectivity index (χ3n) is 3.87. The number of amides is 2. The lowest BCUT2D eigenvalue weighted by Gasteiger charge is -2.33. The Hall–Kier alpha value is -1.11. The predicted molar refractivity (Wildman–Crippen MR) is 94.5 cm³/mol. The average Bonchev–Trinajstić information content (AvgIpc) is 2.94. The zero-order valence-electron chi connectivity index (χ0n) is 14.7. The first-order valence-corrected chi connectivity index (χ1v) is 8.82. The smallest absolute Gasteiger partial charge is 0.315 e. The highest BCUT2D eigenvalue weighted by molar-refractivity contribution is 7.10. The molecule has 0 saturated carbocycles. The highest BCUT2D eigenvalue weighted by Gasteiger charge is 2.32. The summed E-state index contributed by atoms with van der Waals surface area (Å²) in [5, 5.41) is 27.0. The summed E-state index contributed by atoms with van der Waals surface area (Å²) >= 11 is 1.56. The first-order chi connectivity index (χ1) is 10.6. The van der Waals surface area contributed by atoms with Gasteiger partial charge in [0.15, 0.2) is 0 Å². The van der Waals surface area contributed by atoms with E-state index in [-0.39, 0.29) is 24.1 Å². The molecule has 132 valence electrons. The normalized spacial score (nSPS) is 15.1. The van der Waals surface area contributed by atoms with E-state index in [1.54, 1.807) is 18.3 Å². The van der Waals surface area contributed by atoms with Crippen molar-refractivity contribution in [2.75, 3.05) is 13.2 Å². The second-order valence-corrected chi connectivity index (χ2v) is 8.62. The van der Waals surface area contributed by atoms with Gasteiger partial charge >= 0.3 is 6.03 Å². The minimum absolute atomic E-state index is 0.0244. The Balaban J connectivity index is 2.68. The van der Waals surface area contributed by atoms with E-state index in [0.29, 0.717) is 13.0 Å². The Kier molecular flexibility index (Phi) is 7.04. The van der Waals surface area contributed by atoms with Crippen LogP contribution in [0.15, 0.2) is 17.5 Å². The Morgan fingerprint density at radius 2 is 2.00 bits per heavy atom. The summed E-state index contributed by atoms with van der Waals surface area (Å²) < 4.78 is 0. The molecule has 0 unspecified atom stereocenters. The third-order valence-corrected chi connectivity index (χ3v) is 4.80. The van der Waals surface area contributed by atoms with Crippen LogP contribution in [0.5, 0.6) is 0 Å². The number of aliphatic hydroxyl groups is 2. The molecule has 0 aliphatic heterocycles. The highest BCUT2D eigenvalue weighted by Crippen LogP contribution is 2.35. The van der Waals surface area contributed by atoms with Crippen molar-refractivity contribution in [3.8, 4) is 0 Å². The predicted octanol–water partition coefficient (Wildman–Crippen LogP) is 2.90. The monoisotopic (exact) mass is 342 g/mol. The Morgan fingerprint density at radius 1 is 1.35 bits per heavy atom. The maximum atomic E-state index is 12.3. The van der Waals surface area contributed by atoms with E-state index < -0.39 is 11.5 Å². The molecule has 0 spiro atoms. The van der Waals surface area contributed by atoms with Gasteiger partial charge in [0, 0.05) is 16.8 Å². The topological polar surface area (TPSA) is 81.6 Å². The first kappa shape index (κ1) is 19.9. The lowest BCUT2D eigenvalue weighted by atomic mass is 9.84. The third kappa shape index (κ3) is 6.49. The SMILES string of the molecule is C[C@H](O)CC(C)(C)CNC(=O)N[C@@H](c1cccs1)C(C)(C)CO. The fraction of sp³-hybridized carbons (Fsp3) is 0.706. The quantitative estimate of drug-likeness (QED) is 0.586. The van der Waals surface area contributed by atoms with Gasteiger partial charge in [0.2, 0.25) is 0 Å². The fourth-order valence-corrected chi connectivity index (χ4v) is 3.56. The number of urea groups is 1. The number of nitrogens with one attached hydrogen (secondary N) is 2. The molecule has 2 atom stereocenters. The molecule has 23 heavy (non-hydrogen) atoms. The average molecular weight is 343 g/mol. The molecule has 5 nitrogen and oxygen atoms in total. The van der Waals surface area contributed by atoms with Crippen LogP contribution in [0.25, 0.3) is 0 Å². The van der Waals surface area contributed by atoms with Gasteiger partial charge in [-0.3, -0.25) is 0 Å². The van der Waals surface area contributed by atoms with Crippen LogP contribution in [0.3, 0.4) is 0 Å². The molecule has 0 saturated heterocycles. The van der Waals surface area contributed by atoms with Crippen molar-refractivity contribution >= 4 is 17.4 Å². The maximum Gasteiger partial charge on any atom is 0.315 e. The molecule has 1 aromatic heterocycles. The Morgan fingerprint density at radius 3 is 2.48 bits per heavy atom. The van der Waals surface area contributed by atoms with Crippen molar-refractivity contribution in [2.24, 2.45) is 10.8 Å². The highest BCUT2D eigenvalue weighted by atomic mass is 32.1. The number of carbonyl (C=O) groups excluding carboxylic acids is 1. The van der Waals surface area contributed by atoms with E-state index in [9.17, 15) is 15.0 Å². The molecule has 6 heteroatoms. The van der Waals surface area contributed by atoms with E-state index in [1.165, 1.54) is 0 Å². The van der Waals surface area contributed by atoms with Crippen LogP contribution >= 0.6 is 11.3 Å². The van der Waals surface area contributed by atoms with E-state index in [0.717, 1.165) is 4.88 Å². The summed E-state index contributed by atoms with van der Waals surface area (Å²) in [6.45, 7) is 10.1. The summed E-state index contributed by atoms with van der Waals surface area (Å²) in [5.74, 6) is 0. The number of hydrogen-bond donors (Lipinski definition) is 4. The van der Waals surface area contributed by atoms with Gasteiger partial charge in [-0.1, -0.05) is 33.8 Å². The van der Waals surface area contributed by atoms with Crippen LogP contribution in [0, 0.1) is 10.8 Å². The maximum absolute atomic E-state index is 12.3. The number of rotatable bonds is 8. The lowest BCUT2D eigenvalue weighted by Crippen LogP contribution is -2.46. The fourth-order valence-electron chi connectivity index (χ4n) is 2.57. The van der Waals surface area contributed by atoms with Gasteiger partial charge in [-0.25, -0.2) is 4.79 Å². The second kappa shape index (κ2) is 8.13. The van der Waals surface area contributed by atoms with E-state index in [4.69, 9.17) is 0 Å². The molecule has 2 amide bonds. The molecular weight excluding hydrogens is 312 g/mol. The minimum Gasteiger partial charge on any atom is -0.396 e. The van der Waals surface area contributed by atoms with Crippen molar-refractivity contribution < 1.29 is 15.0 Å². The largest absolute Gasteiger partial charge is 0.396 e. The molecule has 1 heterocycles. The molecule has 1 aromatic rings. The number of hydrogen-bond acceptors (Lipinski definition) is 4. The van der Waals surface area contributed by atoms with Gasteiger partial charge in [0.1, 0.15) is 0 Å². The molecule has 1 rings (SSSR count). The molecule has 0 aromatic carbocycles. The van der Waals surface area contributed by atoms with Crippen molar-refractivity contribution in [3.05, 3.63) is 22.4 Å². The first-order valence-electron chi connectivity index (χ1n) is 7.94. The summed E-state index contributed by atoms with van der Waals surface area (Å²) in [7, 11) is 0. The number of carbonyl (C=O) groups is 1. The number of thiophene rings is 1. The second-order valence-electron chi connectivity index (χ2n) is 7.64. The minimum atomic E-state index is -0.461. The van der Waals surface area contributed by atoms with Crippen molar-refractivity contribution in [1.29, 1.82) is 0 Å². The van der Waals surface area contributed by atoms with Crippen molar-refractivity contribution in [1.82, 2.24) is 10.6 Å². The van der Waals surface area contributed by atoms with Crippen LogP contribution in [-0.4, -0.2) is 35.5 Å². The van der Waals surface area contributed by atoms with Crippen molar-refractivity contribution in [3.63, 3.8) is 0 Å². The van der Waals surface area contributed by atoms with E-state index >= 15 is 0 Å². The summed E-state index contributed by atoms with van der Waals surface area (Å²) in [4.78, 5) is 13.3. The molecule has 0 fully saturated rings. The standard InChI is InChI=1S/C17H30N2O3S/c1-12(21)9-16(2,3)10-18-15(22)19-14(17(4,5)11-20)13-7-6-8-23-13/h6-8,12,14,20-21H,9-11H2,1-5H3,(H2,18,19,22)/t12-,14-/m0/s1. The molecular formula is C17H30N2O3S. The van der Waals surface area contributed by atoms with Gasteiger partial charge in [-0.2, -0.15) is 0 Å². The Labute approximate surface area is 143 Å². The van der Waals surface area contributed by atoms with Crippen LogP contribution in [0.4, 0.5) is 4.79 Å². The molecule has 0 aliphatic rings. The zero-order chi connectivity index (χ0) is 17.7. The summed E-state index contributed by atoms with van der Waals surface area (Å²) in [6, 6.07) is 3.38. The number of aliphatic hydroxyl groups excluding tert-OH is 2. The molecule has 0 radical (unpaired) electrons. The van der Waals surface area contributed by atoms with Gasteiger partial charge in [0.05, 0.1) is 18.8 Å². The van der Waals surface area contributed by atoms with E-state index in [2.05, 4.69) is 10.6 Å². The molecule has 0 bridgehead atoms. The van der Waals surface area contributed by atoms with Crippen LogP contribution in [-0.2, 0) is 0 Å². The van der Waals surface area contributed by atoms with Crippen LogP contribution in [0.2, 0.25) is 0 Å². The van der Waals surface area contributed by atoms with Crippen LogP contribution in [0.1, 0.15) is 52.0 Å². The lowest BCUT2D eigenvalue weighted by molar-refractivity contribution is 0.116. The van der Waals surface area contributed by atoms with Crippen LogP contribution < -0.4 is 10.6 Å². The summed E-state index contributed by atoms with van der Waals surface area (Å²) in [6.07, 6.45) is 0.214. The van der Waals surface area contributed by atoms with Gasteiger partial charge in [-0.15, -0.1) is 11.3 Å². The van der Waals surface area contributed by atoms with Crippen molar-refractivity contribution in [2.45, 2.75) is 53.2 Å². The van der Waals surface area contributed by atoms with Gasteiger partial charge in [-0.05, 0) is 30.2 Å². The Bertz CT molecular complexity index is 484. The van der Waals surface area contributed by atoms with Gasteiger partial charge in [0.25, 0.3) is 0 Å². The zero-order valence-corrected chi connectivity index (χ0v) is 15.5. The summed E-state index contributed by atoms with van der Waals surface area (Å²) in [5.41, 5.74) is -0.645. The van der Waals surface area contributed by atoms with E-state index in [1.807, 2.05) is 45.2 Å². The molecule has 4 N–H and O–H groups in total.